The topological polar surface area (TPSA) is 29.5 Å². The molecule has 0 saturated heterocycles. The molecule has 0 atom stereocenters. The van der Waals surface area contributed by atoms with Crippen LogP contribution >= 0.6 is 0 Å². The predicted octanol–water partition coefficient (Wildman–Crippen LogP) is 3.88. The van der Waals surface area contributed by atoms with Crippen molar-refractivity contribution >= 4 is 0 Å². The van der Waals surface area contributed by atoms with E-state index in [9.17, 15) is 0 Å². The highest BCUT2D eigenvalue weighted by Crippen LogP contribution is 2.19. The molecule has 0 radical (unpaired) electrons. The van der Waals surface area contributed by atoms with Gasteiger partial charge < -0.3 is 9.84 Å². The van der Waals surface area contributed by atoms with Crippen LogP contribution in [0.15, 0.2) is 48.5 Å². The van der Waals surface area contributed by atoms with Gasteiger partial charge in [-0.25, -0.2) is 0 Å². The van der Waals surface area contributed by atoms with Crippen LogP contribution in [0, 0.1) is 0 Å². The van der Waals surface area contributed by atoms with Gasteiger partial charge in [0.2, 0.25) is 0 Å². The Morgan fingerprint density at radius 1 is 1.00 bits per heavy atom. The van der Waals surface area contributed by atoms with E-state index in [0.717, 1.165) is 16.9 Å². The van der Waals surface area contributed by atoms with Gasteiger partial charge in [0.25, 0.3) is 0 Å². The molecule has 2 rings (SSSR count). The Morgan fingerprint density at radius 2 is 1.68 bits per heavy atom. The number of aliphatic hydroxyl groups is 1. The maximum atomic E-state index is 9.09. The van der Waals surface area contributed by atoms with E-state index in [1.807, 2.05) is 36.4 Å². The third-order valence-corrected chi connectivity index (χ3v) is 3.13. The second kappa shape index (κ2) is 6.39. The molecule has 0 aromatic heterocycles. The summed E-state index contributed by atoms with van der Waals surface area (Å²) in [5.74, 6) is 1.41. The fraction of sp³-hybridized carbons (Fsp3) is 0.294. The molecule has 0 fully saturated rings. The van der Waals surface area contributed by atoms with Crippen LogP contribution in [0.2, 0.25) is 0 Å². The fourth-order valence-corrected chi connectivity index (χ4v) is 1.93. The monoisotopic (exact) mass is 256 g/mol. The van der Waals surface area contributed by atoms with Crippen molar-refractivity contribution in [1.29, 1.82) is 0 Å². The van der Waals surface area contributed by atoms with Gasteiger partial charge in [-0.1, -0.05) is 50.2 Å². The predicted molar refractivity (Wildman–Crippen MR) is 77.2 cm³/mol. The van der Waals surface area contributed by atoms with E-state index in [1.54, 1.807) is 0 Å². The van der Waals surface area contributed by atoms with Gasteiger partial charge in [-0.3, -0.25) is 0 Å². The molecule has 0 unspecified atom stereocenters. The van der Waals surface area contributed by atoms with Crippen LogP contribution in [-0.4, -0.2) is 5.11 Å². The van der Waals surface area contributed by atoms with Crippen LogP contribution in [0.25, 0.3) is 0 Å². The summed E-state index contributed by atoms with van der Waals surface area (Å²) >= 11 is 0. The van der Waals surface area contributed by atoms with Gasteiger partial charge >= 0.3 is 0 Å². The fourth-order valence-electron chi connectivity index (χ4n) is 1.93. The Labute approximate surface area is 114 Å². The second-order valence-corrected chi connectivity index (χ2v) is 4.99. The molecular formula is C17H20O2. The molecule has 0 aliphatic heterocycles. The molecule has 0 amide bonds. The zero-order chi connectivity index (χ0) is 13.7. The molecule has 2 heteroatoms. The first kappa shape index (κ1) is 13.6. The third kappa shape index (κ3) is 3.83. The van der Waals surface area contributed by atoms with Gasteiger partial charge in [0, 0.05) is 0 Å². The van der Waals surface area contributed by atoms with E-state index < -0.39 is 0 Å². The molecule has 2 aromatic carbocycles. The van der Waals surface area contributed by atoms with Gasteiger partial charge in [0.15, 0.2) is 0 Å². The Morgan fingerprint density at radius 3 is 2.32 bits per heavy atom. The average Bonchev–Trinajstić information content (AvgIpc) is 2.46. The van der Waals surface area contributed by atoms with E-state index in [2.05, 4.69) is 26.0 Å². The molecular weight excluding hydrogens is 236 g/mol. The van der Waals surface area contributed by atoms with Crippen molar-refractivity contribution in [2.45, 2.75) is 33.0 Å². The molecule has 0 aliphatic rings. The smallest absolute Gasteiger partial charge is 0.119 e. The lowest BCUT2D eigenvalue weighted by Crippen LogP contribution is -1.97. The Kier molecular flexibility index (Phi) is 4.58. The zero-order valence-corrected chi connectivity index (χ0v) is 11.5. The number of aliphatic hydroxyl groups excluding tert-OH is 1. The minimum atomic E-state index is 0.0664. The van der Waals surface area contributed by atoms with Crippen molar-refractivity contribution in [2.75, 3.05) is 0 Å². The van der Waals surface area contributed by atoms with E-state index in [4.69, 9.17) is 9.84 Å². The summed E-state index contributed by atoms with van der Waals surface area (Å²) in [5, 5.41) is 9.09. The standard InChI is InChI=1S/C17H20O2/c1-13(2)16-6-8-17(9-7-16)19-12-15-5-3-4-14(10-15)11-18/h3-10,13,18H,11-12H2,1-2H3. The summed E-state index contributed by atoms with van der Waals surface area (Å²) in [6, 6.07) is 16.0. The highest BCUT2D eigenvalue weighted by molar-refractivity contribution is 5.29. The van der Waals surface area contributed by atoms with E-state index in [0.29, 0.717) is 12.5 Å². The minimum absolute atomic E-state index is 0.0664. The SMILES string of the molecule is CC(C)c1ccc(OCc2cccc(CO)c2)cc1. The van der Waals surface area contributed by atoms with E-state index >= 15 is 0 Å². The van der Waals surface area contributed by atoms with Crippen molar-refractivity contribution in [2.24, 2.45) is 0 Å². The lowest BCUT2D eigenvalue weighted by atomic mass is 10.0. The van der Waals surface area contributed by atoms with Crippen molar-refractivity contribution in [1.82, 2.24) is 0 Å². The molecule has 2 aromatic rings. The molecule has 19 heavy (non-hydrogen) atoms. The first-order chi connectivity index (χ1) is 9.19. The van der Waals surface area contributed by atoms with Gasteiger partial charge in [-0.05, 0) is 34.7 Å². The summed E-state index contributed by atoms with van der Waals surface area (Å²) in [6.45, 7) is 4.94. The summed E-state index contributed by atoms with van der Waals surface area (Å²) in [6.07, 6.45) is 0. The third-order valence-electron chi connectivity index (χ3n) is 3.13. The lowest BCUT2D eigenvalue weighted by molar-refractivity contribution is 0.280. The van der Waals surface area contributed by atoms with Gasteiger partial charge in [0.05, 0.1) is 6.61 Å². The minimum Gasteiger partial charge on any atom is -0.489 e. The Bertz CT molecular complexity index is 515. The molecule has 1 N–H and O–H groups in total. The maximum Gasteiger partial charge on any atom is 0.119 e. The Balaban J connectivity index is 1.98. The van der Waals surface area contributed by atoms with Crippen molar-refractivity contribution in [3.63, 3.8) is 0 Å². The summed E-state index contributed by atoms with van der Waals surface area (Å²) in [7, 11) is 0. The maximum absolute atomic E-state index is 9.09. The van der Waals surface area contributed by atoms with Crippen LogP contribution in [0.1, 0.15) is 36.5 Å². The number of rotatable bonds is 5. The normalized spacial score (nSPS) is 10.7. The van der Waals surface area contributed by atoms with Gasteiger partial charge in [-0.15, -0.1) is 0 Å². The van der Waals surface area contributed by atoms with Crippen molar-refractivity contribution < 1.29 is 9.84 Å². The lowest BCUT2D eigenvalue weighted by Gasteiger charge is -2.09. The van der Waals surface area contributed by atoms with E-state index in [1.165, 1.54) is 5.56 Å². The molecule has 0 heterocycles. The summed E-state index contributed by atoms with van der Waals surface area (Å²) < 4.78 is 5.74. The highest BCUT2D eigenvalue weighted by Gasteiger charge is 2.00. The quantitative estimate of drug-likeness (QED) is 0.879. The van der Waals surface area contributed by atoms with Crippen LogP contribution in [0.5, 0.6) is 5.75 Å². The van der Waals surface area contributed by atoms with Crippen LogP contribution in [0.3, 0.4) is 0 Å². The number of benzene rings is 2. The van der Waals surface area contributed by atoms with Crippen molar-refractivity contribution in [3.8, 4) is 5.75 Å². The van der Waals surface area contributed by atoms with Gasteiger partial charge in [0.1, 0.15) is 12.4 Å². The van der Waals surface area contributed by atoms with Crippen LogP contribution in [0.4, 0.5) is 0 Å². The number of hydrogen-bond acceptors (Lipinski definition) is 2. The molecule has 0 saturated carbocycles. The first-order valence-corrected chi connectivity index (χ1v) is 6.60. The Hall–Kier alpha value is -1.80. The van der Waals surface area contributed by atoms with Gasteiger partial charge in [-0.2, -0.15) is 0 Å². The summed E-state index contributed by atoms with van der Waals surface area (Å²) in [5.41, 5.74) is 3.30. The zero-order valence-electron chi connectivity index (χ0n) is 11.5. The second-order valence-electron chi connectivity index (χ2n) is 4.99. The molecule has 0 spiro atoms. The largest absolute Gasteiger partial charge is 0.489 e. The van der Waals surface area contributed by atoms with Crippen LogP contribution < -0.4 is 4.74 Å². The molecule has 100 valence electrons. The molecule has 2 nitrogen and oxygen atoms in total. The average molecular weight is 256 g/mol. The summed E-state index contributed by atoms with van der Waals surface area (Å²) in [4.78, 5) is 0. The highest BCUT2D eigenvalue weighted by atomic mass is 16.5. The number of ether oxygens (including phenoxy) is 1. The van der Waals surface area contributed by atoms with E-state index in [-0.39, 0.29) is 6.61 Å². The molecule has 0 bridgehead atoms. The molecule has 0 aliphatic carbocycles. The number of hydrogen-bond donors (Lipinski definition) is 1. The van der Waals surface area contributed by atoms with Crippen LogP contribution in [-0.2, 0) is 13.2 Å². The van der Waals surface area contributed by atoms with Crippen molar-refractivity contribution in [3.05, 3.63) is 65.2 Å². The first-order valence-electron chi connectivity index (χ1n) is 6.60.